The van der Waals surface area contributed by atoms with Crippen LogP contribution in [0, 0.1) is 0 Å². The smallest absolute Gasteiger partial charge is 0.469 e. The zero-order valence-corrected chi connectivity index (χ0v) is 20.1. The Morgan fingerprint density at radius 1 is 1.17 bits per heavy atom. The zero-order chi connectivity index (χ0) is 25.4. The van der Waals surface area contributed by atoms with Gasteiger partial charge in [-0.15, -0.1) is 0 Å². The van der Waals surface area contributed by atoms with E-state index in [1.807, 2.05) is 24.8 Å². The molecule has 0 amide bonds. The maximum absolute atomic E-state index is 12.8. The maximum Gasteiger partial charge on any atom is 0.469 e. The molecule has 0 aliphatic carbocycles. The zero-order valence-electron chi connectivity index (χ0n) is 19.2. The third-order valence-corrected chi connectivity index (χ3v) is 6.33. The van der Waals surface area contributed by atoms with Crippen molar-refractivity contribution in [2.75, 3.05) is 18.1 Å². The highest BCUT2D eigenvalue weighted by Crippen LogP contribution is 2.44. The summed E-state index contributed by atoms with van der Waals surface area (Å²) < 4.78 is 21.9. The number of anilines is 1. The quantitative estimate of drug-likeness (QED) is 0.308. The van der Waals surface area contributed by atoms with Crippen LogP contribution in [0.25, 0.3) is 27.7 Å². The Balaban J connectivity index is 1.86. The molecular weight excluding hydrogens is 475 g/mol. The molecule has 3 N–H and O–H groups in total. The van der Waals surface area contributed by atoms with Crippen LogP contribution in [0.5, 0.6) is 0 Å². The molecule has 10 nitrogen and oxygen atoms in total. The second kappa shape index (κ2) is 9.39. The first kappa shape index (κ1) is 24.8. The molecule has 184 valence electrons. The predicted molar refractivity (Wildman–Crippen MR) is 130 cm³/mol. The topological polar surface area (TPSA) is 150 Å². The van der Waals surface area contributed by atoms with Gasteiger partial charge in [0.15, 0.2) is 0 Å². The molecule has 0 atom stereocenters. The third-order valence-electron chi connectivity index (χ3n) is 5.86. The van der Waals surface area contributed by atoms with Crippen LogP contribution in [0.4, 0.5) is 5.69 Å². The average Bonchev–Trinajstić information content (AvgIpc) is 2.77. The minimum absolute atomic E-state index is 0.0161. The van der Waals surface area contributed by atoms with E-state index in [1.54, 1.807) is 42.7 Å². The van der Waals surface area contributed by atoms with Gasteiger partial charge in [-0.25, -0.2) is 9.36 Å². The van der Waals surface area contributed by atoms with Crippen LogP contribution in [0.3, 0.4) is 0 Å². The molecule has 0 bridgehead atoms. The molecular formula is C24H25N2O8P. The molecule has 1 aliphatic heterocycles. The molecule has 3 heterocycles. The van der Waals surface area contributed by atoms with Gasteiger partial charge in [0, 0.05) is 48.1 Å². The summed E-state index contributed by atoms with van der Waals surface area (Å²) in [6, 6.07) is 8.58. The molecule has 0 saturated heterocycles. The highest BCUT2D eigenvalue weighted by molar-refractivity contribution is 7.46. The lowest BCUT2D eigenvalue weighted by Crippen LogP contribution is -2.46. The summed E-state index contributed by atoms with van der Waals surface area (Å²) in [5.41, 5.74) is 2.04. The van der Waals surface area contributed by atoms with Crippen molar-refractivity contribution in [3.8, 4) is 11.1 Å². The number of aromatic nitrogens is 1. The van der Waals surface area contributed by atoms with E-state index in [1.165, 1.54) is 0 Å². The number of benzene rings is 1. The summed E-state index contributed by atoms with van der Waals surface area (Å²) in [5.74, 6) is -0.903. The van der Waals surface area contributed by atoms with E-state index in [0.717, 1.165) is 0 Å². The van der Waals surface area contributed by atoms with Gasteiger partial charge in [0.2, 0.25) is 0 Å². The van der Waals surface area contributed by atoms with E-state index in [2.05, 4.69) is 4.98 Å². The Hall–Kier alpha value is -3.30. The Morgan fingerprint density at radius 3 is 2.51 bits per heavy atom. The molecule has 3 aromatic rings. The van der Waals surface area contributed by atoms with Crippen molar-refractivity contribution in [3.05, 3.63) is 64.8 Å². The van der Waals surface area contributed by atoms with Crippen LogP contribution in [0.1, 0.15) is 32.3 Å². The van der Waals surface area contributed by atoms with Crippen molar-refractivity contribution >= 4 is 36.0 Å². The number of hydrogen-bond acceptors (Lipinski definition) is 7. The highest BCUT2D eigenvalue weighted by atomic mass is 31.2. The Bertz CT molecular complexity index is 1410. The van der Waals surface area contributed by atoms with Crippen LogP contribution in [-0.4, -0.2) is 44.5 Å². The highest BCUT2D eigenvalue weighted by Gasteiger charge is 2.33. The lowest BCUT2D eigenvalue weighted by Gasteiger charge is -2.43. The summed E-state index contributed by atoms with van der Waals surface area (Å²) in [4.78, 5) is 48.3. The molecule has 4 rings (SSSR count). The minimum atomic E-state index is -4.72. The van der Waals surface area contributed by atoms with E-state index in [4.69, 9.17) is 14.0 Å². The van der Waals surface area contributed by atoms with Gasteiger partial charge in [0.25, 0.3) is 0 Å². The fraction of sp³-hybridized carbons (Fsp3) is 0.292. The predicted octanol–water partition coefficient (Wildman–Crippen LogP) is 3.81. The number of rotatable bonds is 8. The maximum atomic E-state index is 12.8. The Morgan fingerprint density at radius 2 is 1.86 bits per heavy atom. The van der Waals surface area contributed by atoms with Gasteiger partial charge < -0.3 is 24.2 Å². The van der Waals surface area contributed by atoms with Crippen molar-refractivity contribution in [1.29, 1.82) is 0 Å². The number of pyridine rings is 1. The van der Waals surface area contributed by atoms with E-state index in [0.29, 0.717) is 51.9 Å². The number of aliphatic carboxylic acids is 1. The first-order chi connectivity index (χ1) is 16.4. The number of carbonyl (C=O) groups is 1. The lowest BCUT2D eigenvalue weighted by atomic mass is 9.87. The molecule has 0 spiro atoms. The summed E-state index contributed by atoms with van der Waals surface area (Å²) in [5, 5.41) is 9.69. The number of phosphoric ester groups is 1. The normalized spacial score (nSPS) is 15.1. The van der Waals surface area contributed by atoms with E-state index in [9.17, 15) is 23.9 Å². The average molecular weight is 500 g/mol. The molecule has 1 aliphatic rings. The molecule has 2 aromatic heterocycles. The molecule has 35 heavy (non-hydrogen) atoms. The second-order valence-corrected chi connectivity index (χ2v) is 10.1. The van der Waals surface area contributed by atoms with Crippen molar-refractivity contribution in [3.63, 3.8) is 0 Å². The summed E-state index contributed by atoms with van der Waals surface area (Å²) in [7, 11) is -4.72. The van der Waals surface area contributed by atoms with Crippen molar-refractivity contribution in [1.82, 2.24) is 4.98 Å². The van der Waals surface area contributed by atoms with Crippen LogP contribution in [-0.2, 0) is 13.9 Å². The SMILES string of the molecule is CC1(C)C=C(COP(=O)(O)O)c2cc3cc(-c4ccncc4)c(=O)oc3cc2N1CCCC(=O)O. The standard InChI is InChI=1S/C24H25N2O8P/c1-24(2)13-17(14-33-35(30,31)32)18-10-16-11-19(15-5-7-25-8-6-15)23(29)34-21(16)12-20(18)26(24)9-3-4-22(27)28/h5-8,10-13H,3-4,9,14H2,1-2H3,(H,27,28)(H2,30,31,32). The van der Waals surface area contributed by atoms with Crippen molar-refractivity contribution in [2.24, 2.45) is 0 Å². The monoisotopic (exact) mass is 500 g/mol. The van der Waals surface area contributed by atoms with Gasteiger partial charge in [-0.1, -0.05) is 6.08 Å². The molecule has 0 saturated carbocycles. The van der Waals surface area contributed by atoms with Gasteiger partial charge >= 0.3 is 19.4 Å². The number of fused-ring (bicyclic) bond motifs is 2. The van der Waals surface area contributed by atoms with E-state index in [-0.39, 0.29) is 13.0 Å². The van der Waals surface area contributed by atoms with Crippen LogP contribution >= 0.6 is 7.82 Å². The van der Waals surface area contributed by atoms with Gasteiger partial charge in [-0.05, 0) is 55.7 Å². The summed E-state index contributed by atoms with van der Waals surface area (Å²) >= 11 is 0. The third kappa shape index (κ3) is 5.52. The molecule has 0 unspecified atom stereocenters. The van der Waals surface area contributed by atoms with Crippen molar-refractivity contribution < 1.29 is 33.2 Å². The second-order valence-electron chi connectivity index (χ2n) is 8.83. The van der Waals surface area contributed by atoms with E-state index < -0.39 is 25.0 Å². The number of carboxylic acids is 1. The number of nitrogens with zero attached hydrogens (tertiary/aromatic N) is 2. The number of phosphoric acid groups is 1. The van der Waals surface area contributed by atoms with Crippen LogP contribution in [0.15, 0.2) is 58.0 Å². The van der Waals surface area contributed by atoms with Crippen LogP contribution < -0.4 is 10.5 Å². The summed E-state index contributed by atoms with van der Waals surface area (Å²) in [6.07, 6.45) is 5.36. The van der Waals surface area contributed by atoms with Crippen molar-refractivity contribution in [2.45, 2.75) is 32.2 Å². The van der Waals surface area contributed by atoms with Gasteiger partial charge in [0.1, 0.15) is 5.58 Å². The molecule has 1 aromatic carbocycles. The molecule has 0 radical (unpaired) electrons. The van der Waals surface area contributed by atoms with Gasteiger partial charge in [-0.2, -0.15) is 0 Å². The Labute approximate surface area is 200 Å². The first-order valence-electron chi connectivity index (χ1n) is 10.9. The molecule has 11 heteroatoms. The Kier molecular flexibility index (Phi) is 6.66. The number of carboxylic acid groups (broad SMARTS) is 1. The van der Waals surface area contributed by atoms with Gasteiger partial charge in [0.05, 0.1) is 17.7 Å². The fourth-order valence-corrected chi connectivity index (χ4v) is 4.64. The van der Waals surface area contributed by atoms with E-state index >= 15 is 0 Å². The fourth-order valence-electron chi connectivity index (χ4n) is 4.33. The first-order valence-corrected chi connectivity index (χ1v) is 12.4. The van der Waals surface area contributed by atoms with Crippen LogP contribution in [0.2, 0.25) is 0 Å². The minimum Gasteiger partial charge on any atom is -0.481 e. The number of hydrogen-bond donors (Lipinski definition) is 3. The lowest BCUT2D eigenvalue weighted by molar-refractivity contribution is -0.137. The molecule has 0 fully saturated rings. The van der Waals surface area contributed by atoms with Gasteiger partial charge in [-0.3, -0.25) is 14.3 Å². The summed E-state index contributed by atoms with van der Waals surface area (Å²) in [6.45, 7) is 3.88. The largest absolute Gasteiger partial charge is 0.481 e.